The molecule has 2 aromatic rings. The Morgan fingerprint density at radius 2 is 2.32 bits per heavy atom. The largest absolute Gasteiger partial charge is 0.497 e. The normalized spacial score (nSPS) is 20.5. The van der Waals surface area contributed by atoms with Crippen molar-refractivity contribution in [1.82, 2.24) is 10.2 Å². The average molecular weight is 332 g/mol. The van der Waals surface area contributed by atoms with E-state index >= 15 is 0 Å². The number of anilines is 2. The van der Waals surface area contributed by atoms with E-state index in [9.17, 15) is 0 Å². The highest BCUT2D eigenvalue weighted by atomic mass is 32.2. The summed E-state index contributed by atoms with van der Waals surface area (Å²) in [5.41, 5.74) is 0.928. The third-order valence-electron chi connectivity index (χ3n) is 3.56. The summed E-state index contributed by atoms with van der Waals surface area (Å²) in [4.78, 5) is 0. The molecule has 22 heavy (non-hydrogen) atoms. The maximum Gasteiger partial charge on any atom is 0.210 e. The number of nitrogens with one attached hydrogen (secondary N) is 1. The lowest BCUT2D eigenvalue weighted by atomic mass is 10.1. The molecular formula is C15H16N4OS2. The molecule has 0 bridgehead atoms. The van der Waals surface area contributed by atoms with Gasteiger partial charge in [-0.2, -0.15) is 5.26 Å². The molecule has 2 atom stereocenters. The van der Waals surface area contributed by atoms with Gasteiger partial charge in [0.2, 0.25) is 5.13 Å². The van der Waals surface area contributed by atoms with Crippen molar-refractivity contribution < 1.29 is 4.74 Å². The zero-order valence-corrected chi connectivity index (χ0v) is 13.8. The first-order valence-corrected chi connectivity index (χ1v) is 8.77. The van der Waals surface area contributed by atoms with Crippen molar-refractivity contribution in [3.8, 4) is 11.8 Å². The molecular weight excluding hydrogens is 316 g/mol. The zero-order chi connectivity index (χ0) is 15.4. The van der Waals surface area contributed by atoms with Gasteiger partial charge in [-0.1, -0.05) is 29.2 Å². The molecule has 1 aromatic carbocycles. The summed E-state index contributed by atoms with van der Waals surface area (Å²) < 4.78 is 6.16. The van der Waals surface area contributed by atoms with Crippen molar-refractivity contribution in [2.45, 2.75) is 28.9 Å². The molecule has 1 aromatic heterocycles. The molecule has 0 aliphatic heterocycles. The molecule has 0 radical (unpaired) electrons. The van der Waals surface area contributed by atoms with E-state index in [1.807, 2.05) is 24.3 Å². The smallest absolute Gasteiger partial charge is 0.210 e. The number of nitriles is 1. The third kappa shape index (κ3) is 3.70. The van der Waals surface area contributed by atoms with Crippen molar-refractivity contribution in [2.75, 3.05) is 12.4 Å². The molecule has 1 saturated carbocycles. The van der Waals surface area contributed by atoms with Gasteiger partial charge in [0.25, 0.3) is 0 Å². The zero-order valence-electron chi connectivity index (χ0n) is 12.2. The Kier molecular flexibility index (Phi) is 4.80. The number of benzene rings is 1. The highest BCUT2D eigenvalue weighted by Crippen LogP contribution is 2.39. The predicted octanol–water partition coefficient (Wildman–Crippen LogP) is 4.07. The van der Waals surface area contributed by atoms with E-state index in [0.717, 1.165) is 40.2 Å². The second-order valence-electron chi connectivity index (χ2n) is 5.11. The summed E-state index contributed by atoms with van der Waals surface area (Å²) in [5, 5.41) is 21.9. The van der Waals surface area contributed by atoms with Crippen LogP contribution >= 0.6 is 23.1 Å². The second-order valence-corrected chi connectivity index (χ2v) is 7.63. The molecule has 5 nitrogen and oxygen atoms in total. The minimum atomic E-state index is 0.208. The van der Waals surface area contributed by atoms with Crippen molar-refractivity contribution in [2.24, 2.45) is 5.92 Å². The van der Waals surface area contributed by atoms with Crippen LogP contribution in [0.3, 0.4) is 0 Å². The van der Waals surface area contributed by atoms with Gasteiger partial charge in [0.1, 0.15) is 5.75 Å². The second kappa shape index (κ2) is 6.99. The quantitative estimate of drug-likeness (QED) is 0.890. The SMILES string of the molecule is COc1cccc(Nc2nnc(S[C@@H]3CC[C@@H](C#N)C3)s2)c1. The molecule has 0 unspecified atom stereocenters. The Morgan fingerprint density at radius 3 is 3.09 bits per heavy atom. The number of hydrogen-bond acceptors (Lipinski definition) is 7. The lowest BCUT2D eigenvalue weighted by Crippen LogP contribution is -1.95. The molecule has 1 N–H and O–H groups in total. The van der Waals surface area contributed by atoms with Crippen LogP contribution in [-0.2, 0) is 0 Å². The van der Waals surface area contributed by atoms with Gasteiger partial charge in [-0.25, -0.2) is 0 Å². The monoisotopic (exact) mass is 332 g/mol. The van der Waals surface area contributed by atoms with Crippen LogP contribution in [0.1, 0.15) is 19.3 Å². The van der Waals surface area contributed by atoms with Crippen LogP contribution < -0.4 is 10.1 Å². The number of aromatic nitrogens is 2. The number of thioether (sulfide) groups is 1. The standard InChI is InChI=1S/C15H16N4OS2/c1-20-12-4-2-3-11(8-12)17-14-18-19-15(22-14)21-13-6-5-10(7-13)9-16/h2-4,8,10,13H,5-7H2,1H3,(H,17,18)/t10-,13-/m1/s1. The average Bonchev–Trinajstić information content (AvgIpc) is 3.17. The number of methoxy groups -OCH3 is 1. The van der Waals surface area contributed by atoms with Gasteiger partial charge in [0.15, 0.2) is 4.34 Å². The van der Waals surface area contributed by atoms with Crippen LogP contribution in [-0.4, -0.2) is 22.6 Å². The first kappa shape index (κ1) is 15.1. The molecule has 0 amide bonds. The summed E-state index contributed by atoms with van der Waals surface area (Å²) >= 11 is 3.28. The Labute approximate surface area is 137 Å². The van der Waals surface area contributed by atoms with Crippen LogP contribution in [0.25, 0.3) is 0 Å². The first-order chi connectivity index (χ1) is 10.8. The molecule has 1 aliphatic carbocycles. The van der Waals surface area contributed by atoms with E-state index < -0.39 is 0 Å². The summed E-state index contributed by atoms with van der Waals surface area (Å²) in [5.74, 6) is 1.01. The van der Waals surface area contributed by atoms with Crippen molar-refractivity contribution in [1.29, 1.82) is 5.26 Å². The van der Waals surface area contributed by atoms with Crippen LogP contribution in [0.5, 0.6) is 5.75 Å². The lowest BCUT2D eigenvalue weighted by molar-refractivity contribution is 0.415. The van der Waals surface area contributed by atoms with E-state index in [0.29, 0.717) is 5.25 Å². The minimum Gasteiger partial charge on any atom is -0.497 e. The fourth-order valence-corrected chi connectivity index (χ4v) is 4.73. The van der Waals surface area contributed by atoms with Crippen LogP contribution in [0.2, 0.25) is 0 Å². The Hall–Kier alpha value is -1.78. The van der Waals surface area contributed by atoms with Gasteiger partial charge < -0.3 is 10.1 Å². The van der Waals surface area contributed by atoms with Gasteiger partial charge >= 0.3 is 0 Å². The van der Waals surface area contributed by atoms with Crippen LogP contribution in [0.15, 0.2) is 28.6 Å². The highest BCUT2D eigenvalue weighted by Gasteiger charge is 2.26. The van der Waals surface area contributed by atoms with Gasteiger partial charge in [-0.05, 0) is 31.4 Å². The lowest BCUT2D eigenvalue weighted by Gasteiger charge is -2.05. The topological polar surface area (TPSA) is 70.8 Å². The maximum absolute atomic E-state index is 8.96. The summed E-state index contributed by atoms with van der Waals surface area (Å²) in [6.07, 6.45) is 3.04. The van der Waals surface area contributed by atoms with Crippen molar-refractivity contribution in [3.63, 3.8) is 0 Å². The van der Waals surface area contributed by atoms with Crippen molar-refractivity contribution in [3.05, 3.63) is 24.3 Å². The number of nitrogens with zero attached hydrogens (tertiary/aromatic N) is 3. The maximum atomic E-state index is 8.96. The molecule has 7 heteroatoms. The van der Waals surface area contributed by atoms with E-state index in [-0.39, 0.29) is 5.92 Å². The fraction of sp³-hybridized carbons (Fsp3) is 0.400. The Bertz CT molecular complexity index is 682. The van der Waals surface area contributed by atoms with Gasteiger partial charge in [-0.15, -0.1) is 10.2 Å². The van der Waals surface area contributed by atoms with Crippen LogP contribution in [0, 0.1) is 17.2 Å². The summed E-state index contributed by atoms with van der Waals surface area (Å²) in [6, 6.07) is 10.1. The highest BCUT2D eigenvalue weighted by molar-refractivity contribution is 8.01. The molecule has 0 spiro atoms. The summed E-state index contributed by atoms with van der Waals surface area (Å²) in [6.45, 7) is 0. The predicted molar refractivity (Wildman–Crippen MR) is 88.8 cm³/mol. The third-order valence-corrected chi connectivity index (χ3v) is 5.78. The molecule has 1 aliphatic rings. The molecule has 1 heterocycles. The number of ether oxygens (including phenoxy) is 1. The number of rotatable bonds is 5. The van der Waals surface area contributed by atoms with Crippen LogP contribution in [0.4, 0.5) is 10.8 Å². The van der Waals surface area contributed by atoms with E-state index in [2.05, 4.69) is 21.6 Å². The Morgan fingerprint density at radius 1 is 1.41 bits per heavy atom. The molecule has 114 valence electrons. The fourth-order valence-electron chi connectivity index (χ4n) is 2.44. The van der Waals surface area contributed by atoms with Gasteiger partial charge in [0.05, 0.1) is 13.2 Å². The Balaban J connectivity index is 1.60. The minimum absolute atomic E-state index is 0.208. The molecule has 0 saturated heterocycles. The van der Waals surface area contributed by atoms with E-state index in [4.69, 9.17) is 10.00 Å². The first-order valence-electron chi connectivity index (χ1n) is 7.07. The molecule has 3 rings (SSSR count). The van der Waals surface area contributed by atoms with Gasteiger partial charge in [0, 0.05) is 22.9 Å². The number of hydrogen-bond donors (Lipinski definition) is 1. The van der Waals surface area contributed by atoms with E-state index in [1.54, 1.807) is 30.2 Å². The van der Waals surface area contributed by atoms with Gasteiger partial charge in [-0.3, -0.25) is 0 Å². The van der Waals surface area contributed by atoms with E-state index in [1.165, 1.54) is 0 Å². The van der Waals surface area contributed by atoms with Crippen molar-refractivity contribution >= 4 is 33.9 Å². The molecule has 1 fully saturated rings. The summed E-state index contributed by atoms with van der Waals surface area (Å²) in [7, 11) is 1.65.